The Labute approximate surface area is 180 Å². The van der Waals surface area contributed by atoms with Crippen molar-refractivity contribution in [3.8, 4) is 0 Å². The summed E-state index contributed by atoms with van der Waals surface area (Å²) in [4.78, 5) is 19.8. The Morgan fingerprint density at radius 2 is 1.97 bits per heavy atom. The van der Waals surface area contributed by atoms with E-state index in [4.69, 9.17) is 0 Å². The van der Waals surface area contributed by atoms with Crippen molar-refractivity contribution in [3.05, 3.63) is 88.2 Å². The number of H-pyrrole nitrogens is 1. The van der Waals surface area contributed by atoms with E-state index in [1.54, 1.807) is 11.3 Å². The number of hydrogen-bond donors (Lipinski definition) is 2. The summed E-state index contributed by atoms with van der Waals surface area (Å²) >= 11 is 1.76. The second-order valence-corrected chi connectivity index (χ2v) is 8.84. The molecule has 30 heavy (non-hydrogen) atoms. The molecule has 5 heteroatoms. The number of rotatable bonds is 6. The van der Waals surface area contributed by atoms with Crippen LogP contribution in [0.1, 0.15) is 28.8 Å². The highest BCUT2D eigenvalue weighted by Crippen LogP contribution is 2.33. The van der Waals surface area contributed by atoms with Crippen LogP contribution in [0.5, 0.6) is 0 Å². The molecule has 1 aliphatic heterocycles. The largest absolute Gasteiger partial charge is 0.361 e. The monoisotopic (exact) mass is 415 g/mol. The first-order chi connectivity index (χ1) is 14.7. The zero-order valence-electron chi connectivity index (χ0n) is 17.0. The van der Waals surface area contributed by atoms with Gasteiger partial charge in [-0.15, -0.1) is 11.3 Å². The Kier molecular flexibility index (Phi) is 5.15. The minimum absolute atomic E-state index is 0.142. The van der Waals surface area contributed by atoms with E-state index in [9.17, 15) is 4.79 Å². The van der Waals surface area contributed by atoms with Gasteiger partial charge in [-0.25, -0.2) is 0 Å². The van der Waals surface area contributed by atoms with Crippen LogP contribution < -0.4 is 10.2 Å². The number of aromatic nitrogens is 1. The molecule has 1 amide bonds. The molecule has 0 unspecified atom stereocenters. The SMILES string of the molecule is C[C@H](NC[C@H](c1cccs1)c1c[nH]c2ccccc12)C(=O)N1CCc2ccccc21. The van der Waals surface area contributed by atoms with E-state index < -0.39 is 0 Å². The van der Waals surface area contributed by atoms with E-state index in [1.807, 2.05) is 30.0 Å². The lowest BCUT2D eigenvalue weighted by Crippen LogP contribution is -2.45. The van der Waals surface area contributed by atoms with Gasteiger partial charge in [-0.3, -0.25) is 4.79 Å². The quantitative estimate of drug-likeness (QED) is 0.469. The van der Waals surface area contributed by atoms with Gasteiger partial charge in [-0.2, -0.15) is 0 Å². The van der Waals surface area contributed by atoms with Crippen LogP contribution in [0.3, 0.4) is 0 Å². The van der Waals surface area contributed by atoms with Gasteiger partial charge in [0.05, 0.1) is 6.04 Å². The molecule has 1 aliphatic rings. The summed E-state index contributed by atoms with van der Waals surface area (Å²) in [7, 11) is 0. The van der Waals surface area contributed by atoms with Crippen molar-refractivity contribution >= 4 is 33.8 Å². The predicted molar refractivity (Wildman–Crippen MR) is 124 cm³/mol. The van der Waals surface area contributed by atoms with Crippen molar-refractivity contribution in [3.63, 3.8) is 0 Å². The van der Waals surface area contributed by atoms with Crippen molar-refractivity contribution in [1.82, 2.24) is 10.3 Å². The zero-order valence-corrected chi connectivity index (χ0v) is 17.8. The second kappa shape index (κ2) is 8.09. The molecule has 0 radical (unpaired) electrons. The molecular weight excluding hydrogens is 390 g/mol. The molecule has 3 heterocycles. The molecule has 2 aromatic heterocycles. The molecule has 2 atom stereocenters. The number of nitrogens with one attached hydrogen (secondary N) is 2. The fourth-order valence-electron chi connectivity index (χ4n) is 4.42. The molecule has 0 bridgehead atoms. The van der Waals surface area contributed by atoms with E-state index in [2.05, 4.69) is 64.3 Å². The third-order valence-electron chi connectivity index (χ3n) is 6.04. The van der Waals surface area contributed by atoms with Crippen molar-refractivity contribution < 1.29 is 4.79 Å². The number of aromatic amines is 1. The second-order valence-electron chi connectivity index (χ2n) is 7.86. The highest BCUT2D eigenvalue weighted by atomic mass is 32.1. The van der Waals surface area contributed by atoms with E-state index in [0.717, 1.165) is 24.2 Å². The molecule has 5 rings (SSSR count). The topological polar surface area (TPSA) is 48.1 Å². The lowest BCUT2D eigenvalue weighted by atomic mass is 9.96. The first-order valence-electron chi connectivity index (χ1n) is 10.4. The summed E-state index contributed by atoms with van der Waals surface area (Å²) in [6, 6.07) is 20.6. The number of benzene rings is 2. The van der Waals surface area contributed by atoms with E-state index >= 15 is 0 Å². The predicted octanol–water partition coefficient (Wildman–Crippen LogP) is 4.93. The minimum Gasteiger partial charge on any atom is -0.361 e. The molecule has 4 aromatic rings. The Morgan fingerprint density at radius 3 is 2.83 bits per heavy atom. The maximum absolute atomic E-state index is 13.2. The van der Waals surface area contributed by atoms with Gasteiger partial charge in [0.2, 0.25) is 5.91 Å². The van der Waals surface area contributed by atoms with Crippen molar-refractivity contribution in [2.24, 2.45) is 0 Å². The van der Waals surface area contributed by atoms with E-state index in [1.165, 1.54) is 21.4 Å². The molecule has 2 aromatic carbocycles. The summed E-state index contributed by atoms with van der Waals surface area (Å²) in [6.45, 7) is 3.45. The Morgan fingerprint density at radius 1 is 1.13 bits per heavy atom. The van der Waals surface area contributed by atoms with Gasteiger partial charge >= 0.3 is 0 Å². The van der Waals surface area contributed by atoms with Crippen molar-refractivity contribution in [1.29, 1.82) is 0 Å². The fraction of sp³-hybridized carbons (Fsp3) is 0.240. The van der Waals surface area contributed by atoms with Crippen LogP contribution in [0.2, 0.25) is 0 Å². The summed E-state index contributed by atoms with van der Waals surface area (Å²) in [5.41, 5.74) is 4.73. The molecular formula is C25H25N3OS. The first-order valence-corrected chi connectivity index (χ1v) is 11.3. The van der Waals surface area contributed by atoms with Gasteiger partial charge in [-0.1, -0.05) is 42.5 Å². The number of amides is 1. The smallest absolute Gasteiger partial charge is 0.243 e. The standard InChI is InChI=1S/C25H25N3OS/c1-17(25(29)28-13-12-18-7-2-5-10-23(18)28)26-16-21(24-11-6-14-30-24)20-15-27-22-9-4-3-8-19(20)22/h2-11,14-15,17,21,26-27H,12-13,16H2,1H3/t17-,21-/m0/s1. The van der Waals surface area contributed by atoms with Gasteiger partial charge in [-0.05, 0) is 48.1 Å². The van der Waals surface area contributed by atoms with Crippen LogP contribution in [0.4, 0.5) is 5.69 Å². The van der Waals surface area contributed by atoms with Crippen molar-refractivity contribution in [2.75, 3.05) is 18.0 Å². The van der Waals surface area contributed by atoms with Crippen molar-refractivity contribution in [2.45, 2.75) is 25.3 Å². The van der Waals surface area contributed by atoms with Gasteiger partial charge in [0.15, 0.2) is 0 Å². The normalized spacial score (nSPS) is 15.3. The van der Waals surface area contributed by atoms with Crippen LogP contribution in [-0.4, -0.2) is 30.0 Å². The van der Waals surface area contributed by atoms with Crippen LogP contribution in [0.15, 0.2) is 72.2 Å². The number of nitrogens with zero attached hydrogens (tertiary/aromatic N) is 1. The van der Waals surface area contributed by atoms with Gasteiger partial charge in [0.25, 0.3) is 0 Å². The van der Waals surface area contributed by atoms with Gasteiger partial charge in [0.1, 0.15) is 0 Å². The molecule has 2 N–H and O–H groups in total. The molecule has 0 saturated heterocycles. The number of para-hydroxylation sites is 2. The average Bonchev–Trinajstić information content (AvgIpc) is 3.53. The molecule has 0 saturated carbocycles. The van der Waals surface area contributed by atoms with Crippen LogP contribution in [-0.2, 0) is 11.2 Å². The molecule has 0 fully saturated rings. The molecule has 4 nitrogen and oxygen atoms in total. The summed E-state index contributed by atoms with van der Waals surface area (Å²) in [5, 5.41) is 6.89. The number of carbonyl (C=O) groups is 1. The highest BCUT2D eigenvalue weighted by Gasteiger charge is 2.28. The maximum Gasteiger partial charge on any atom is 0.243 e. The number of carbonyl (C=O) groups excluding carboxylic acids is 1. The average molecular weight is 416 g/mol. The Balaban J connectivity index is 1.36. The van der Waals surface area contributed by atoms with Gasteiger partial charge in [0, 0.05) is 46.7 Å². The Bertz CT molecular complexity index is 1160. The molecule has 0 spiro atoms. The maximum atomic E-state index is 13.2. The van der Waals surface area contributed by atoms with E-state index in [0.29, 0.717) is 6.54 Å². The fourth-order valence-corrected chi connectivity index (χ4v) is 5.26. The highest BCUT2D eigenvalue weighted by molar-refractivity contribution is 7.10. The lowest BCUT2D eigenvalue weighted by molar-refractivity contribution is -0.120. The summed E-state index contributed by atoms with van der Waals surface area (Å²) in [5.74, 6) is 0.339. The number of fused-ring (bicyclic) bond motifs is 2. The number of hydrogen-bond acceptors (Lipinski definition) is 3. The number of anilines is 1. The Hall–Kier alpha value is -2.89. The zero-order chi connectivity index (χ0) is 20.5. The van der Waals surface area contributed by atoms with E-state index in [-0.39, 0.29) is 17.9 Å². The molecule has 0 aliphatic carbocycles. The lowest BCUT2D eigenvalue weighted by Gasteiger charge is -2.24. The van der Waals surface area contributed by atoms with Crippen LogP contribution in [0.25, 0.3) is 10.9 Å². The van der Waals surface area contributed by atoms with Gasteiger partial charge < -0.3 is 15.2 Å². The molecule has 152 valence electrons. The first kappa shape index (κ1) is 19.1. The van der Waals surface area contributed by atoms with Crippen LogP contribution in [0, 0.1) is 0 Å². The third-order valence-corrected chi connectivity index (χ3v) is 7.02. The summed E-state index contributed by atoms with van der Waals surface area (Å²) in [6.07, 6.45) is 3.04. The van der Waals surface area contributed by atoms with Crippen LogP contribution >= 0.6 is 11.3 Å². The number of thiophene rings is 1. The third kappa shape index (κ3) is 3.44. The summed E-state index contributed by atoms with van der Waals surface area (Å²) < 4.78 is 0. The minimum atomic E-state index is -0.246.